The van der Waals surface area contributed by atoms with Crippen molar-refractivity contribution in [3.05, 3.63) is 73.7 Å². The number of thiophene rings is 1. The predicted molar refractivity (Wildman–Crippen MR) is 123 cm³/mol. The molecule has 2 aromatic heterocycles. The smallest absolute Gasteiger partial charge is 0.255 e. The van der Waals surface area contributed by atoms with E-state index in [0.29, 0.717) is 12.4 Å². The van der Waals surface area contributed by atoms with Gasteiger partial charge in [0.1, 0.15) is 0 Å². The van der Waals surface area contributed by atoms with Crippen molar-refractivity contribution in [1.82, 2.24) is 14.9 Å². The highest BCUT2D eigenvalue weighted by atomic mass is 35.5. The van der Waals surface area contributed by atoms with Crippen LogP contribution in [0.5, 0.6) is 0 Å². The van der Waals surface area contributed by atoms with E-state index in [9.17, 15) is 4.79 Å². The van der Waals surface area contributed by atoms with Gasteiger partial charge in [0, 0.05) is 47.4 Å². The van der Waals surface area contributed by atoms with Crippen LogP contribution in [0.1, 0.15) is 41.2 Å². The standard InChI is InChI=1S/C23H23ClN4OS/c24-16-6-4-15(5-7-16)21-9-8-17(30-21)13-28-12-10-19-18(14-28)23(29)27-22(26-19)20-3-1-2-11-25-20/h4-9H,1-3,10-14H2,(H,26,27,29). The predicted octanol–water partition coefficient (Wildman–Crippen LogP) is 4.68. The van der Waals surface area contributed by atoms with E-state index < -0.39 is 0 Å². The van der Waals surface area contributed by atoms with Crippen molar-refractivity contribution in [3.63, 3.8) is 0 Å². The van der Waals surface area contributed by atoms with E-state index >= 15 is 0 Å². The molecule has 0 saturated carbocycles. The number of halogens is 1. The number of rotatable bonds is 4. The molecular formula is C23H23ClN4OS. The Kier molecular flexibility index (Phi) is 5.54. The molecule has 0 aliphatic carbocycles. The van der Waals surface area contributed by atoms with Crippen molar-refractivity contribution in [2.24, 2.45) is 4.99 Å². The van der Waals surface area contributed by atoms with E-state index in [1.807, 2.05) is 12.1 Å². The third-order valence-electron chi connectivity index (χ3n) is 5.72. The van der Waals surface area contributed by atoms with E-state index in [-0.39, 0.29) is 5.56 Å². The number of aromatic amines is 1. The highest BCUT2D eigenvalue weighted by molar-refractivity contribution is 7.15. The van der Waals surface area contributed by atoms with Gasteiger partial charge in [-0.1, -0.05) is 23.7 Å². The molecule has 4 heterocycles. The molecule has 2 aliphatic heterocycles. The molecule has 0 spiro atoms. The summed E-state index contributed by atoms with van der Waals surface area (Å²) in [5.41, 5.74) is 3.86. The second-order valence-corrected chi connectivity index (χ2v) is 9.46. The number of aliphatic imine (C=N–C) groups is 1. The summed E-state index contributed by atoms with van der Waals surface area (Å²) in [7, 11) is 0. The molecule has 3 aromatic rings. The maximum Gasteiger partial charge on any atom is 0.255 e. The van der Waals surface area contributed by atoms with Gasteiger partial charge in [0.15, 0.2) is 5.82 Å². The number of aromatic nitrogens is 2. The first-order chi connectivity index (χ1) is 14.7. The van der Waals surface area contributed by atoms with Crippen LogP contribution in [0.15, 0.2) is 46.2 Å². The molecule has 0 bridgehead atoms. The van der Waals surface area contributed by atoms with Crippen LogP contribution in [-0.4, -0.2) is 33.7 Å². The lowest BCUT2D eigenvalue weighted by Crippen LogP contribution is -2.36. The number of hydrogen-bond acceptors (Lipinski definition) is 5. The quantitative estimate of drug-likeness (QED) is 0.643. The summed E-state index contributed by atoms with van der Waals surface area (Å²) >= 11 is 7.79. The lowest BCUT2D eigenvalue weighted by atomic mass is 10.1. The molecule has 0 fully saturated rings. The van der Waals surface area contributed by atoms with Gasteiger partial charge in [0.05, 0.1) is 17.0 Å². The topological polar surface area (TPSA) is 61.4 Å². The molecule has 0 atom stereocenters. The van der Waals surface area contributed by atoms with Gasteiger partial charge in [0.25, 0.3) is 5.56 Å². The van der Waals surface area contributed by atoms with E-state index in [0.717, 1.165) is 67.3 Å². The zero-order valence-corrected chi connectivity index (χ0v) is 18.2. The first kappa shape index (κ1) is 19.7. The Bertz CT molecular complexity index is 1150. The average Bonchev–Trinajstić information content (AvgIpc) is 3.23. The van der Waals surface area contributed by atoms with Crippen molar-refractivity contribution in [2.45, 2.75) is 38.8 Å². The highest BCUT2D eigenvalue weighted by Gasteiger charge is 2.23. The van der Waals surface area contributed by atoms with E-state index in [1.54, 1.807) is 11.3 Å². The van der Waals surface area contributed by atoms with Gasteiger partial charge in [-0.25, -0.2) is 4.98 Å². The fourth-order valence-electron chi connectivity index (χ4n) is 4.10. The Balaban J connectivity index is 1.31. The van der Waals surface area contributed by atoms with Crippen LogP contribution in [0, 0.1) is 0 Å². The van der Waals surface area contributed by atoms with Crippen LogP contribution in [0.4, 0.5) is 0 Å². The molecule has 0 amide bonds. The summed E-state index contributed by atoms with van der Waals surface area (Å²) in [6.45, 7) is 3.22. The molecule has 0 unspecified atom stereocenters. The SMILES string of the molecule is O=c1[nH]c(C2=NCCCC2)nc2c1CN(Cc1ccc(-c3ccc(Cl)cc3)s1)CC2. The fourth-order valence-corrected chi connectivity index (χ4v) is 5.28. The molecule has 5 rings (SSSR count). The fraction of sp³-hybridized carbons (Fsp3) is 0.348. The first-order valence-corrected chi connectivity index (χ1v) is 11.6. The number of H-pyrrole nitrogens is 1. The van der Waals surface area contributed by atoms with Gasteiger partial charge in [-0.15, -0.1) is 11.3 Å². The summed E-state index contributed by atoms with van der Waals surface area (Å²) in [4.78, 5) is 29.9. The Labute approximate surface area is 184 Å². The van der Waals surface area contributed by atoms with Crippen LogP contribution >= 0.6 is 22.9 Å². The maximum atomic E-state index is 12.8. The van der Waals surface area contributed by atoms with Crippen molar-refractivity contribution >= 4 is 28.6 Å². The molecule has 154 valence electrons. The third-order valence-corrected chi connectivity index (χ3v) is 7.09. The van der Waals surface area contributed by atoms with Crippen molar-refractivity contribution < 1.29 is 0 Å². The van der Waals surface area contributed by atoms with Crippen LogP contribution < -0.4 is 5.56 Å². The molecule has 2 aliphatic rings. The van der Waals surface area contributed by atoms with E-state index in [1.165, 1.54) is 15.3 Å². The normalized spacial score (nSPS) is 16.9. The largest absolute Gasteiger partial charge is 0.305 e. The molecule has 5 nitrogen and oxygen atoms in total. The number of fused-ring (bicyclic) bond motifs is 1. The van der Waals surface area contributed by atoms with Crippen LogP contribution in [0.2, 0.25) is 5.02 Å². The summed E-state index contributed by atoms with van der Waals surface area (Å²) < 4.78 is 0. The van der Waals surface area contributed by atoms with Crippen molar-refractivity contribution in [3.8, 4) is 10.4 Å². The second-order valence-electron chi connectivity index (χ2n) is 7.86. The zero-order valence-electron chi connectivity index (χ0n) is 16.7. The number of nitrogens with zero attached hydrogens (tertiary/aromatic N) is 3. The minimum atomic E-state index is -0.0130. The van der Waals surface area contributed by atoms with Crippen molar-refractivity contribution in [2.75, 3.05) is 13.1 Å². The zero-order chi connectivity index (χ0) is 20.5. The van der Waals surface area contributed by atoms with Crippen LogP contribution in [0.25, 0.3) is 10.4 Å². The van der Waals surface area contributed by atoms with Gasteiger partial charge in [-0.05, 0) is 49.1 Å². The summed E-state index contributed by atoms with van der Waals surface area (Å²) in [5, 5.41) is 0.750. The van der Waals surface area contributed by atoms with Gasteiger partial charge in [0.2, 0.25) is 0 Å². The van der Waals surface area contributed by atoms with Gasteiger partial charge in [-0.2, -0.15) is 0 Å². The Hall–Kier alpha value is -2.28. The minimum Gasteiger partial charge on any atom is -0.305 e. The van der Waals surface area contributed by atoms with Gasteiger partial charge >= 0.3 is 0 Å². The number of benzene rings is 1. The van der Waals surface area contributed by atoms with Crippen LogP contribution in [-0.2, 0) is 19.5 Å². The van der Waals surface area contributed by atoms with Gasteiger partial charge < -0.3 is 4.98 Å². The molecule has 0 radical (unpaired) electrons. The number of hydrogen-bond donors (Lipinski definition) is 1. The maximum absolute atomic E-state index is 12.8. The molecule has 0 saturated heterocycles. The third kappa shape index (κ3) is 4.13. The molecular weight excluding hydrogens is 416 g/mol. The molecule has 30 heavy (non-hydrogen) atoms. The van der Waals surface area contributed by atoms with E-state index in [2.05, 4.69) is 39.1 Å². The van der Waals surface area contributed by atoms with Crippen LogP contribution in [0.3, 0.4) is 0 Å². The van der Waals surface area contributed by atoms with Crippen molar-refractivity contribution in [1.29, 1.82) is 0 Å². The van der Waals surface area contributed by atoms with E-state index in [4.69, 9.17) is 16.6 Å². The first-order valence-electron chi connectivity index (χ1n) is 10.4. The summed E-state index contributed by atoms with van der Waals surface area (Å²) in [6, 6.07) is 12.3. The monoisotopic (exact) mass is 438 g/mol. The molecule has 7 heteroatoms. The number of nitrogens with one attached hydrogen (secondary N) is 1. The lowest BCUT2D eigenvalue weighted by molar-refractivity contribution is 0.244. The highest BCUT2D eigenvalue weighted by Crippen LogP contribution is 2.30. The summed E-state index contributed by atoms with van der Waals surface area (Å²) in [5.74, 6) is 0.678. The second kappa shape index (κ2) is 8.46. The Morgan fingerprint density at radius 1 is 1.10 bits per heavy atom. The molecule has 1 N–H and O–H groups in total. The van der Waals surface area contributed by atoms with Gasteiger partial charge in [-0.3, -0.25) is 14.7 Å². The molecule has 1 aromatic carbocycles. The summed E-state index contributed by atoms with van der Waals surface area (Å²) in [6.07, 6.45) is 3.94. The Morgan fingerprint density at radius 2 is 1.97 bits per heavy atom. The average molecular weight is 439 g/mol. The minimum absolute atomic E-state index is 0.0130. The lowest BCUT2D eigenvalue weighted by Gasteiger charge is -2.27. The Morgan fingerprint density at radius 3 is 2.77 bits per heavy atom.